The van der Waals surface area contributed by atoms with Crippen molar-refractivity contribution in [3.05, 3.63) is 76.5 Å². The number of halogens is 1. The molecule has 1 fully saturated rings. The second-order valence-electron chi connectivity index (χ2n) is 6.85. The van der Waals surface area contributed by atoms with Crippen molar-refractivity contribution in [3.63, 3.8) is 0 Å². The fourth-order valence-corrected chi connectivity index (χ4v) is 3.45. The molecule has 0 saturated carbocycles. The van der Waals surface area contributed by atoms with Crippen LogP contribution >= 0.6 is 0 Å². The van der Waals surface area contributed by atoms with Gasteiger partial charge in [0.2, 0.25) is 5.91 Å². The lowest BCUT2D eigenvalue weighted by Crippen LogP contribution is -2.51. The van der Waals surface area contributed by atoms with Crippen molar-refractivity contribution in [3.8, 4) is 0 Å². The minimum absolute atomic E-state index is 0.0756. The van der Waals surface area contributed by atoms with Gasteiger partial charge in [0.05, 0.1) is 17.2 Å². The Morgan fingerprint density at radius 1 is 0.931 bits per heavy atom. The van der Waals surface area contributed by atoms with Crippen LogP contribution in [0.15, 0.2) is 59.5 Å². The van der Waals surface area contributed by atoms with Gasteiger partial charge in [0.15, 0.2) is 0 Å². The van der Waals surface area contributed by atoms with Crippen LogP contribution in [0.25, 0.3) is 11.0 Å². The number of hydrogen-bond acceptors (Lipinski definition) is 4. The fourth-order valence-electron chi connectivity index (χ4n) is 3.45. The quantitative estimate of drug-likeness (QED) is 0.675. The minimum Gasteiger partial charge on any atom is -0.338 e. The number of carbonyl (C=O) groups excluding carboxylic acids is 2. The molecule has 0 aliphatic carbocycles. The Balaban J connectivity index is 1.42. The van der Waals surface area contributed by atoms with Gasteiger partial charge in [-0.05, 0) is 36.4 Å². The van der Waals surface area contributed by atoms with E-state index in [9.17, 15) is 18.8 Å². The second-order valence-corrected chi connectivity index (χ2v) is 6.85. The Labute approximate surface area is 166 Å². The minimum atomic E-state index is -0.393. The number of para-hydroxylation sites is 2. The highest BCUT2D eigenvalue weighted by Gasteiger charge is 2.25. The summed E-state index contributed by atoms with van der Waals surface area (Å²) in [6.45, 7) is 1.45. The van der Waals surface area contributed by atoms with Gasteiger partial charge < -0.3 is 9.80 Å². The van der Waals surface area contributed by atoms with E-state index >= 15 is 0 Å². The fraction of sp³-hybridized carbons (Fsp3) is 0.238. The van der Waals surface area contributed by atoms with Crippen LogP contribution < -0.4 is 5.56 Å². The maximum atomic E-state index is 13.0. The van der Waals surface area contributed by atoms with E-state index in [1.54, 1.807) is 28.0 Å². The Kier molecular flexibility index (Phi) is 5.07. The molecule has 0 radical (unpaired) electrons. The van der Waals surface area contributed by atoms with Crippen molar-refractivity contribution < 1.29 is 14.0 Å². The van der Waals surface area contributed by atoms with Gasteiger partial charge in [-0.15, -0.1) is 0 Å². The third-order valence-electron chi connectivity index (χ3n) is 5.06. The molecule has 0 spiro atoms. The normalized spacial score (nSPS) is 14.2. The summed E-state index contributed by atoms with van der Waals surface area (Å²) < 4.78 is 14.5. The molecule has 1 aliphatic rings. The standard InChI is InChI=1S/C21H19FN4O3/c22-16-7-5-15(6-8-16)21(29)25-11-9-24(10-12-25)20(28)14-26-18-4-2-1-3-17(18)23-13-19(26)27/h1-8,13H,9-12,14H2. The summed E-state index contributed by atoms with van der Waals surface area (Å²) in [6, 6.07) is 12.6. The lowest BCUT2D eigenvalue weighted by Gasteiger charge is -2.35. The number of nitrogens with zero attached hydrogens (tertiary/aromatic N) is 4. The van der Waals surface area contributed by atoms with Crippen LogP contribution in [0.2, 0.25) is 0 Å². The van der Waals surface area contributed by atoms with Crippen LogP contribution in [0.3, 0.4) is 0 Å². The Bertz CT molecular complexity index is 1120. The molecule has 0 N–H and O–H groups in total. The molecule has 148 valence electrons. The molecule has 8 heteroatoms. The molecule has 0 atom stereocenters. The molecule has 3 aromatic rings. The molecular formula is C21H19FN4O3. The summed E-state index contributed by atoms with van der Waals surface area (Å²) in [7, 11) is 0. The molecule has 1 saturated heterocycles. The first-order valence-electron chi connectivity index (χ1n) is 9.30. The second kappa shape index (κ2) is 7.83. The molecule has 2 heterocycles. The van der Waals surface area contributed by atoms with Crippen molar-refractivity contribution in [1.82, 2.24) is 19.4 Å². The van der Waals surface area contributed by atoms with Gasteiger partial charge in [0, 0.05) is 31.7 Å². The van der Waals surface area contributed by atoms with E-state index < -0.39 is 5.82 Å². The Morgan fingerprint density at radius 2 is 1.59 bits per heavy atom. The van der Waals surface area contributed by atoms with Gasteiger partial charge in [-0.2, -0.15) is 0 Å². The van der Waals surface area contributed by atoms with Crippen molar-refractivity contribution in [2.24, 2.45) is 0 Å². The molecule has 0 unspecified atom stereocenters. The number of amides is 2. The molecule has 7 nitrogen and oxygen atoms in total. The number of carbonyl (C=O) groups is 2. The highest BCUT2D eigenvalue weighted by Crippen LogP contribution is 2.12. The van der Waals surface area contributed by atoms with Crippen molar-refractivity contribution >= 4 is 22.8 Å². The third-order valence-corrected chi connectivity index (χ3v) is 5.06. The average Bonchev–Trinajstić information content (AvgIpc) is 2.76. The number of fused-ring (bicyclic) bond motifs is 1. The number of benzene rings is 2. The van der Waals surface area contributed by atoms with Gasteiger partial charge >= 0.3 is 0 Å². The zero-order valence-electron chi connectivity index (χ0n) is 15.6. The van der Waals surface area contributed by atoms with Gasteiger partial charge in [0.1, 0.15) is 12.4 Å². The van der Waals surface area contributed by atoms with E-state index in [1.807, 2.05) is 6.07 Å². The number of hydrogen-bond donors (Lipinski definition) is 0. The highest BCUT2D eigenvalue weighted by molar-refractivity contribution is 5.94. The van der Waals surface area contributed by atoms with E-state index in [0.717, 1.165) is 0 Å². The van der Waals surface area contributed by atoms with E-state index in [-0.39, 0.29) is 23.9 Å². The van der Waals surface area contributed by atoms with E-state index in [4.69, 9.17) is 0 Å². The monoisotopic (exact) mass is 394 g/mol. The smallest absolute Gasteiger partial charge is 0.269 e. The van der Waals surface area contributed by atoms with Crippen LogP contribution in [0.4, 0.5) is 4.39 Å². The van der Waals surface area contributed by atoms with Crippen LogP contribution in [-0.2, 0) is 11.3 Å². The predicted molar refractivity (Wildman–Crippen MR) is 105 cm³/mol. The molecule has 1 aliphatic heterocycles. The number of rotatable bonds is 3. The summed E-state index contributed by atoms with van der Waals surface area (Å²) >= 11 is 0. The van der Waals surface area contributed by atoms with E-state index in [0.29, 0.717) is 42.8 Å². The molecule has 0 bridgehead atoms. The van der Waals surface area contributed by atoms with Crippen LogP contribution in [0.5, 0.6) is 0 Å². The van der Waals surface area contributed by atoms with Crippen molar-refractivity contribution in [1.29, 1.82) is 0 Å². The average molecular weight is 394 g/mol. The van der Waals surface area contributed by atoms with E-state index in [2.05, 4.69) is 4.98 Å². The van der Waals surface area contributed by atoms with Gasteiger partial charge in [-0.3, -0.25) is 19.0 Å². The first-order valence-corrected chi connectivity index (χ1v) is 9.30. The number of aromatic nitrogens is 2. The Hall–Kier alpha value is -3.55. The van der Waals surface area contributed by atoms with Crippen molar-refractivity contribution in [2.45, 2.75) is 6.54 Å². The predicted octanol–water partition coefficient (Wildman–Crippen LogP) is 1.52. The maximum absolute atomic E-state index is 13.0. The lowest BCUT2D eigenvalue weighted by molar-refractivity contribution is -0.133. The summed E-state index contributed by atoms with van der Waals surface area (Å²) in [5, 5.41) is 0. The first-order chi connectivity index (χ1) is 14.0. The summed E-state index contributed by atoms with van der Waals surface area (Å²) in [4.78, 5) is 44.9. The van der Waals surface area contributed by atoms with Gasteiger partial charge in [-0.25, -0.2) is 9.37 Å². The Morgan fingerprint density at radius 3 is 2.31 bits per heavy atom. The van der Waals surface area contributed by atoms with Crippen molar-refractivity contribution in [2.75, 3.05) is 26.2 Å². The van der Waals surface area contributed by atoms with E-state index in [1.165, 1.54) is 35.0 Å². The van der Waals surface area contributed by atoms with Crippen LogP contribution in [0, 0.1) is 5.82 Å². The first kappa shape index (κ1) is 18.8. The van der Waals surface area contributed by atoms with Gasteiger partial charge in [-0.1, -0.05) is 12.1 Å². The zero-order valence-corrected chi connectivity index (χ0v) is 15.6. The molecule has 29 heavy (non-hydrogen) atoms. The maximum Gasteiger partial charge on any atom is 0.269 e. The zero-order chi connectivity index (χ0) is 20.4. The summed E-state index contributed by atoms with van der Waals surface area (Å²) in [5.74, 6) is -0.762. The molecule has 4 rings (SSSR count). The lowest BCUT2D eigenvalue weighted by atomic mass is 10.1. The molecular weight excluding hydrogens is 375 g/mol. The summed E-state index contributed by atoms with van der Waals surface area (Å²) in [5.41, 5.74) is 1.34. The molecule has 2 aromatic carbocycles. The SMILES string of the molecule is O=C(Cn1c(=O)cnc2ccccc21)N1CCN(C(=O)c2ccc(F)cc2)CC1. The van der Waals surface area contributed by atoms with Gasteiger partial charge in [0.25, 0.3) is 11.5 Å². The van der Waals surface area contributed by atoms with Crippen LogP contribution in [-0.4, -0.2) is 57.3 Å². The topological polar surface area (TPSA) is 75.5 Å². The highest BCUT2D eigenvalue weighted by atomic mass is 19.1. The van der Waals surface area contributed by atoms with Crippen LogP contribution in [0.1, 0.15) is 10.4 Å². The molecule has 1 aromatic heterocycles. The number of piperazine rings is 1. The largest absolute Gasteiger partial charge is 0.338 e. The molecule has 2 amide bonds. The third kappa shape index (κ3) is 3.87. The summed E-state index contributed by atoms with van der Waals surface area (Å²) in [6.07, 6.45) is 1.22.